The molecule has 134 valence electrons. The molecule has 4 nitrogen and oxygen atoms in total. The Labute approximate surface area is 161 Å². The van der Waals surface area contributed by atoms with Crippen LogP contribution in [0.5, 0.6) is 5.75 Å². The summed E-state index contributed by atoms with van der Waals surface area (Å²) in [6, 6.07) is 10.4. The number of halogens is 3. The first kappa shape index (κ1) is 19.7. The van der Waals surface area contributed by atoms with Crippen LogP contribution in [0.25, 0.3) is 0 Å². The molecule has 0 aromatic heterocycles. The monoisotopic (exact) mass is 401 g/mol. The molecule has 2 aromatic rings. The molecule has 0 atom stereocenters. The van der Waals surface area contributed by atoms with E-state index in [1.165, 1.54) is 11.9 Å². The van der Waals surface area contributed by atoms with Gasteiger partial charge in [0.15, 0.2) is 0 Å². The first-order valence-electron chi connectivity index (χ1n) is 7.46. The number of amides is 1. The number of hydrogen-bond acceptors (Lipinski definition) is 2. The van der Waals surface area contributed by atoms with Gasteiger partial charge in [-0.15, -0.1) is 0 Å². The minimum Gasteiger partial charge on any atom is -0.489 e. The lowest BCUT2D eigenvalue weighted by molar-refractivity contribution is 0.110. The summed E-state index contributed by atoms with van der Waals surface area (Å²) in [5.41, 5.74) is 0.754. The van der Waals surface area contributed by atoms with E-state index in [0.29, 0.717) is 26.4 Å². The maximum atomic E-state index is 11.3. The summed E-state index contributed by atoms with van der Waals surface area (Å²) < 4.78 is 5.73. The Morgan fingerprint density at radius 1 is 1.12 bits per heavy atom. The van der Waals surface area contributed by atoms with Crippen molar-refractivity contribution in [2.24, 2.45) is 0 Å². The van der Waals surface area contributed by atoms with Gasteiger partial charge in [0.1, 0.15) is 12.4 Å². The van der Waals surface area contributed by atoms with E-state index in [9.17, 15) is 9.90 Å². The number of ether oxygens (including phenoxy) is 1. The van der Waals surface area contributed by atoms with Crippen molar-refractivity contribution in [2.75, 3.05) is 7.05 Å². The summed E-state index contributed by atoms with van der Waals surface area (Å²) >= 11 is 18.2. The van der Waals surface area contributed by atoms with Crippen molar-refractivity contribution < 1.29 is 14.6 Å². The van der Waals surface area contributed by atoms with E-state index in [0.717, 1.165) is 5.56 Å². The van der Waals surface area contributed by atoms with Crippen LogP contribution in [-0.2, 0) is 12.1 Å². The number of nitrogens with zero attached hydrogens (tertiary/aromatic N) is 1. The zero-order valence-corrected chi connectivity index (χ0v) is 16.3. The predicted molar refractivity (Wildman–Crippen MR) is 101 cm³/mol. The average molecular weight is 403 g/mol. The molecule has 0 spiro atoms. The van der Waals surface area contributed by atoms with Gasteiger partial charge in [-0.1, -0.05) is 40.9 Å². The summed E-state index contributed by atoms with van der Waals surface area (Å²) in [5, 5.41) is 10.7. The van der Waals surface area contributed by atoms with Crippen molar-refractivity contribution in [3.05, 3.63) is 62.6 Å². The average Bonchev–Trinajstić information content (AvgIpc) is 2.52. The maximum Gasteiger partial charge on any atom is 0.407 e. The van der Waals surface area contributed by atoms with Crippen molar-refractivity contribution in [3.8, 4) is 5.75 Å². The molecule has 25 heavy (non-hydrogen) atoms. The fourth-order valence-electron chi connectivity index (χ4n) is 2.33. The molecule has 0 unspecified atom stereocenters. The van der Waals surface area contributed by atoms with Crippen LogP contribution < -0.4 is 4.74 Å². The molecule has 0 saturated carbocycles. The van der Waals surface area contributed by atoms with Crippen molar-refractivity contribution in [1.29, 1.82) is 0 Å². The highest BCUT2D eigenvalue weighted by atomic mass is 35.5. The molecule has 1 amide bonds. The highest BCUT2D eigenvalue weighted by Crippen LogP contribution is 2.33. The molecule has 0 aliphatic heterocycles. The Balaban J connectivity index is 2.25. The van der Waals surface area contributed by atoms with E-state index in [2.05, 4.69) is 0 Å². The maximum absolute atomic E-state index is 11.3. The number of hydrogen-bond donors (Lipinski definition) is 1. The first-order valence-corrected chi connectivity index (χ1v) is 8.59. The fraction of sp³-hybridized carbons (Fsp3) is 0.278. The summed E-state index contributed by atoms with van der Waals surface area (Å²) in [5.74, 6) is 0.552. The van der Waals surface area contributed by atoms with Gasteiger partial charge in [-0.2, -0.15) is 0 Å². The van der Waals surface area contributed by atoms with Gasteiger partial charge in [0.05, 0.1) is 5.54 Å². The van der Waals surface area contributed by atoms with Crippen molar-refractivity contribution in [1.82, 2.24) is 4.90 Å². The Morgan fingerprint density at radius 3 is 2.28 bits per heavy atom. The molecule has 0 aliphatic rings. The number of rotatable bonds is 5. The normalized spacial score (nSPS) is 11.3. The van der Waals surface area contributed by atoms with Gasteiger partial charge < -0.3 is 14.7 Å². The van der Waals surface area contributed by atoms with Crippen LogP contribution >= 0.6 is 34.8 Å². The van der Waals surface area contributed by atoms with Crippen LogP contribution in [-0.4, -0.2) is 23.1 Å². The predicted octanol–water partition coefficient (Wildman–Crippen LogP) is 6.07. The van der Waals surface area contributed by atoms with Gasteiger partial charge >= 0.3 is 6.09 Å². The number of carbonyl (C=O) groups is 1. The van der Waals surface area contributed by atoms with Crippen LogP contribution in [0.1, 0.15) is 25.0 Å². The molecule has 0 heterocycles. The first-order chi connectivity index (χ1) is 11.6. The van der Waals surface area contributed by atoms with Crippen LogP contribution in [0.3, 0.4) is 0 Å². The van der Waals surface area contributed by atoms with Gasteiger partial charge in [0, 0.05) is 22.1 Å². The zero-order valence-electron chi connectivity index (χ0n) is 14.0. The van der Waals surface area contributed by atoms with E-state index in [1.807, 2.05) is 12.1 Å². The number of carboxylic acid groups (broad SMARTS) is 1. The van der Waals surface area contributed by atoms with Crippen molar-refractivity contribution in [3.63, 3.8) is 0 Å². The quantitative estimate of drug-likeness (QED) is 0.660. The largest absolute Gasteiger partial charge is 0.489 e. The fourth-order valence-corrected chi connectivity index (χ4v) is 3.18. The third-order valence-electron chi connectivity index (χ3n) is 4.06. The molecule has 0 radical (unpaired) electrons. The Hall–Kier alpha value is -1.62. The van der Waals surface area contributed by atoms with Gasteiger partial charge in [0.2, 0.25) is 0 Å². The van der Waals surface area contributed by atoms with Gasteiger partial charge in [-0.25, -0.2) is 4.79 Å². The lowest BCUT2D eigenvalue weighted by Crippen LogP contribution is -2.42. The van der Waals surface area contributed by atoms with Crippen LogP contribution in [0.15, 0.2) is 36.4 Å². The summed E-state index contributed by atoms with van der Waals surface area (Å²) in [6.45, 7) is 3.86. The van der Waals surface area contributed by atoms with E-state index in [1.54, 1.807) is 38.1 Å². The lowest BCUT2D eigenvalue weighted by atomic mass is 9.91. The van der Waals surface area contributed by atoms with E-state index >= 15 is 0 Å². The number of benzene rings is 2. The third-order valence-corrected chi connectivity index (χ3v) is 4.82. The van der Waals surface area contributed by atoms with Gasteiger partial charge in [-0.3, -0.25) is 0 Å². The summed E-state index contributed by atoms with van der Waals surface area (Å²) in [7, 11) is 1.51. The molecule has 0 bridgehead atoms. The lowest BCUT2D eigenvalue weighted by Gasteiger charge is -2.35. The third kappa shape index (κ3) is 4.72. The zero-order chi connectivity index (χ0) is 18.8. The van der Waals surface area contributed by atoms with E-state index in [-0.39, 0.29) is 6.61 Å². The standard InChI is InChI=1S/C18H18Cl3NO3/c1-18(2,22(3)17(23)24)15-6-11(4-5-16(15)21)10-25-14-8-12(19)7-13(20)9-14/h4-9H,10H2,1-3H3,(H,23,24). The molecule has 0 saturated heterocycles. The molecule has 2 aromatic carbocycles. The van der Waals surface area contributed by atoms with Crippen LogP contribution in [0.4, 0.5) is 4.79 Å². The second kappa shape index (κ2) is 7.73. The Morgan fingerprint density at radius 2 is 1.72 bits per heavy atom. The smallest absolute Gasteiger partial charge is 0.407 e. The van der Waals surface area contributed by atoms with Crippen molar-refractivity contribution in [2.45, 2.75) is 26.0 Å². The highest BCUT2D eigenvalue weighted by Gasteiger charge is 2.31. The second-order valence-electron chi connectivity index (χ2n) is 6.11. The Bertz CT molecular complexity index is 773. The van der Waals surface area contributed by atoms with Gasteiger partial charge in [0.25, 0.3) is 0 Å². The summed E-state index contributed by atoms with van der Waals surface area (Å²) in [4.78, 5) is 12.5. The van der Waals surface area contributed by atoms with Gasteiger partial charge in [-0.05, 0) is 55.3 Å². The SMILES string of the molecule is CN(C(=O)O)C(C)(C)c1cc(COc2cc(Cl)cc(Cl)c2)ccc1Cl. The molecule has 2 rings (SSSR count). The van der Waals surface area contributed by atoms with Crippen molar-refractivity contribution >= 4 is 40.9 Å². The molecular weight excluding hydrogens is 385 g/mol. The van der Waals surface area contributed by atoms with E-state index < -0.39 is 11.6 Å². The topological polar surface area (TPSA) is 49.8 Å². The molecule has 1 N–H and O–H groups in total. The Kier molecular flexibility index (Phi) is 6.09. The van der Waals surface area contributed by atoms with E-state index in [4.69, 9.17) is 39.5 Å². The second-order valence-corrected chi connectivity index (χ2v) is 7.39. The minimum absolute atomic E-state index is 0.272. The molecule has 0 fully saturated rings. The highest BCUT2D eigenvalue weighted by molar-refractivity contribution is 6.34. The van der Waals surface area contributed by atoms with Crippen LogP contribution in [0, 0.1) is 0 Å². The molecular formula is C18H18Cl3NO3. The van der Waals surface area contributed by atoms with Crippen LogP contribution in [0.2, 0.25) is 15.1 Å². The summed E-state index contributed by atoms with van der Waals surface area (Å²) in [6.07, 6.45) is -1.03. The minimum atomic E-state index is -1.03. The molecule has 7 heteroatoms. The molecule has 0 aliphatic carbocycles.